The van der Waals surface area contributed by atoms with Crippen LogP contribution in [0.1, 0.15) is 24.2 Å². The molecule has 0 unspecified atom stereocenters. The van der Waals surface area contributed by atoms with Crippen LogP contribution < -0.4 is 11.3 Å². The van der Waals surface area contributed by atoms with Gasteiger partial charge < -0.3 is 5.73 Å². The van der Waals surface area contributed by atoms with Gasteiger partial charge in [0.15, 0.2) is 0 Å². The highest BCUT2D eigenvalue weighted by molar-refractivity contribution is 7.08. The molecule has 0 spiro atoms. The van der Waals surface area contributed by atoms with E-state index in [1.807, 2.05) is 53.9 Å². The van der Waals surface area contributed by atoms with Crippen molar-refractivity contribution in [2.24, 2.45) is 0 Å². The number of nitrogens with two attached hydrogens (primary N) is 1. The normalized spacial score (nSPS) is 12.2. The Morgan fingerprint density at radius 3 is 2.70 bits per heavy atom. The third-order valence-corrected chi connectivity index (χ3v) is 6.76. The Bertz CT molecular complexity index is 1500. The smallest absolute Gasteiger partial charge is 0.264 e. The number of hydrogen-bond acceptors (Lipinski definition) is 5. The molecule has 0 aliphatic carbocycles. The number of hydrogen-bond donors (Lipinski definition) is 1. The summed E-state index contributed by atoms with van der Waals surface area (Å²) in [6.07, 6.45) is 2.37. The van der Waals surface area contributed by atoms with Crippen LogP contribution in [0.2, 0.25) is 5.02 Å². The van der Waals surface area contributed by atoms with E-state index in [4.69, 9.17) is 17.3 Å². The van der Waals surface area contributed by atoms with E-state index < -0.39 is 0 Å². The van der Waals surface area contributed by atoms with Crippen LogP contribution in [-0.4, -0.2) is 14.5 Å². The van der Waals surface area contributed by atoms with Crippen molar-refractivity contribution in [1.29, 1.82) is 0 Å². The van der Waals surface area contributed by atoms with Crippen molar-refractivity contribution in [3.8, 4) is 16.8 Å². The molecule has 2 aromatic carbocycles. The zero-order chi connectivity index (χ0) is 22.9. The van der Waals surface area contributed by atoms with Crippen molar-refractivity contribution in [2.75, 3.05) is 5.73 Å². The summed E-state index contributed by atoms with van der Waals surface area (Å²) in [6, 6.07) is 19.3. The molecular formula is C26H21ClN4OS. The molecule has 7 heteroatoms. The van der Waals surface area contributed by atoms with E-state index >= 15 is 0 Å². The molecule has 5 rings (SSSR count). The monoisotopic (exact) mass is 472 g/mol. The van der Waals surface area contributed by atoms with E-state index in [0.717, 1.165) is 33.6 Å². The first-order valence-corrected chi connectivity index (χ1v) is 11.9. The minimum Gasteiger partial charge on any atom is -0.368 e. The third-order valence-electron chi connectivity index (χ3n) is 5.76. The minimum atomic E-state index is -0.133. The van der Waals surface area contributed by atoms with E-state index in [0.29, 0.717) is 16.8 Å². The SMILES string of the molecule is C[C@H](Cc1nc(N)ncc1-c1ccsc1)c1cc2cccc(Cl)c2c(=O)n1-c1ccccc1. The van der Waals surface area contributed by atoms with Gasteiger partial charge in [0.25, 0.3) is 5.56 Å². The molecule has 164 valence electrons. The van der Waals surface area contributed by atoms with Crippen LogP contribution in [0.15, 0.2) is 82.4 Å². The molecule has 0 amide bonds. The fraction of sp³-hybridized carbons (Fsp3) is 0.115. The molecule has 2 N–H and O–H groups in total. The first-order valence-electron chi connectivity index (χ1n) is 10.6. The first-order chi connectivity index (χ1) is 16.0. The van der Waals surface area contributed by atoms with Crippen LogP contribution in [0.25, 0.3) is 27.6 Å². The van der Waals surface area contributed by atoms with Gasteiger partial charge in [-0.1, -0.05) is 48.9 Å². The average Bonchev–Trinajstić information content (AvgIpc) is 3.34. The first kappa shape index (κ1) is 21.4. The summed E-state index contributed by atoms with van der Waals surface area (Å²) in [4.78, 5) is 22.4. The number of rotatable bonds is 5. The van der Waals surface area contributed by atoms with Crippen LogP contribution in [0.5, 0.6) is 0 Å². The maximum absolute atomic E-state index is 13.7. The largest absolute Gasteiger partial charge is 0.368 e. The van der Waals surface area contributed by atoms with Gasteiger partial charge in [-0.05, 0) is 58.5 Å². The fourth-order valence-corrected chi connectivity index (χ4v) is 5.11. The number of anilines is 1. The number of benzene rings is 2. The van der Waals surface area contributed by atoms with Crippen molar-refractivity contribution in [3.63, 3.8) is 0 Å². The lowest BCUT2D eigenvalue weighted by molar-refractivity contribution is 0.685. The summed E-state index contributed by atoms with van der Waals surface area (Å²) in [5.74, 6) is 0.204. The van der Waals surface area contributed by atoms with Gasteiger partial charge in [-0.25, -0.2) is 9.97 Å². The Labute approximate surface area is 200 Å². The summed E-state index contributed by atoms with van der Waals surface area (Å²) < 4.78 is 1.76. The van der Waals surface area contributed by atoms with Crippen molar-refractivity contribution in [1.82, 2.24) is 14.5 Å². The zero-order valence-electron chi connectivity index (χ0n) is 17.9. The molecule has 3 aromatic heterocycles. The van der Waals surface area contributed by atoms with Gasteiger partial charge in [-0.15, -0.1) is 0 Å². The summed E-state index contributed by atoms with van der Waals surface area (Å²) in [7, 11) is 0. The van der Waals surface area contributed by atoms with Crippen LogP contribution in [0.4, 0.5) is 5.95 Å². The number of aromatic nitrogens is 3. The highest BCUT2D eigenvalue weighted by atomic mass is 35.5. The number of thiophene rings is 1. The summed E-state index contributed by atoms with van der Waals surface area (Å²) in [6.45, 7) is 2.10. The maximum Gasteiger partial charge on any atom is 0.264 e. The van der Waals surface area contributed by atoms with E-state index in [1.165, 1.54) is 0 Å². The molecule has 1 atom stereocenters. The van der Waals surface area contributed by atoms with Gasteiger partial charge >= 0.3 is 0 Å². The predicted molar refractivity (Wildman–Crippen MR) is 136 cm³/mol. The van der Waals surface area contributed by atoms with Gasteiger partial charge in [-0.3, -0.25) is 9.36 Å². The Morgan fingerprint density at radius 2 is 1.94 bits per heavy atom. The molecular weight excluding hydrogens is 452 g/mol. The number of fused-ring (bicyclic) bond motifs is 1. The molecule has 5 nitrogen and oxygen atoms in total. The molecule has 0 radical (unpaired) electrons. The third kappa shape index (κ3) is 4.03. The molecule has 0 saturated heterocycles. The fourth-order valence-electron chi connectivity index (χ4n) is 4.19. The lowest BCUT2D eigenvalue weighted by Gasteiger charge is -2.21. The van der Waals surface area contributed by atoms with Crippen LogP contribution in [-0.2, 0) is 6.42 Å². The summed E-state index contributed by atoms with van der Waals surface area (Å²) in [5, 5.41) is 5.88. The molecule has 33 heavy (non-hydrogen) atoms. The van der Waals surface area contributed by atoms with Gasteiger partial charge in [0.1, 0.15) is 0 Å². The topological polar surface area (TPSA) is 73.8 Å². The second-order valence-electron chi connectivity index (χ2n) is 7.96. The Morgan fingerprint density at radius 1 is 1.12 bits per heavy atom. The van der Waals surface area contributed by atoms with Gasteiger partial charge in [0.05, 0.1) is 16.1 Å². The minimum absolute atomic E-state index is 0.0343. The summed E-state index contributed by atoms with van der Waals surface area (Å²) >= 11 is 8.06. The van der Waals surface area contributed by atoms with Gasteiger partial charge in [0, 0.05) is 29.1 Å². The second-order valence-corrected chi connectivity index (χ2v) is 9.14. The van der Waals surface area contributed by atoms with Crippen molar-refractivity contribution < 1.29 is 0 Å². The number of nitrogens with zero attached hydrogens (tertiary/aromatic N) is 3. The van der Waals surface area contributed by atoms with Crippen molar-refractivity contribution in [2.45, 2.75) is 19.3 Å². The van der Waals surface area contributed by atoms with Crippen LogP contribution in [0, 0.1) is 0 Å². The number of para-hydroxylation sites is 1. The highest BCUT2D eigenvalue weighted by Gasteiger charge is 2.20. The molecule has 0 saturated carbocycles. The average molecular weight is 473 g/mol. The highest BCUT2D eigenvalue weighted by Crippen LogP contribution is 2.31. The predicted octanol–water partition coefficient (Wildman–Crippen LogP) is 6.09. The molecule has 0 aliphatic rings. The molecule has 3 heterocycles. The van der Waals surface area contributed by atoms with Gasteiger partial charge in [0.2, 0.25) is 5.95 Å². The molecule has 0 aliphatic heterocycles. The van der Waals surface area contributed by atoms with Crippen LogP contribution >= 0.6 is 22.9 Å². The lowest BCUT2D eigenvalue weighted by Crippen LogP contribution is -2.24. The molecule has 0 fully saturated rings. The van der Waals surface area contributed by atoms with E-state index in [9.17, 15) is 4.79 Å². The lowest BCUT2D eigenvalue weighted by atomic mass is 9.95. The Hall–Kier alpha value is -3.48. The molecule has 0 bridgehead atoms. The van der Waals surface area contributed by atoms with E-state index in [1.54, 1.807) is 28.2 Å². The van der Waals surface area contributed by atoms with Crippen molar-refractivity contribution in [3.05, 3.63) is 104 Å². The second kappa shape index (κ2) is 8.81. The van der Waals surface area contributed by atoms with E-state index in [2.05, 4.69) is 28.3 Å². The number of nitrogen functional groups attached to an aromatic ring is 1. The Balaban J connectivity index is 1.68. The quantitative estimate of drug-likeness (QED) is 0.336. The van der Waals surface area contributed by atoms with Gasteiger partial charge in [-0.2, -0.15) is 11.3 Å². The van der Waals surface area contributed by atoms with Crippen molar-refractivity contribution >= 4 is 39.7 Å². The zero-order valence-corrected chi connectivity index (χ0v) is 19.5. The summed E-state index contributed by atoms with van der Waals surface area (Å²) in [5.41, 5.74) is 10.4. The maximum atomic E-state index is 13.7. The molecule has 5 aromatic rings. The Kier molecular flexibility index (Phi) is 5.70. The number of pyridine rings is 1. The van der Waals surface area contributed by atoms with E-state index in [-0.39, 0.29) is 17.4 Å². The van der Waals surface area contributed by atoms with Crippen LogP contribution in [0.3, 0.4) is 0 Å². The standard InChI is InChI=1S/C26H21ClN4OS/c1-16(12-22-20(14-29-26(28)30-22)18-10-11-33-15-18)23-13-17-6-5-9-21(27)24(17)25(32)31(23)19-7-3-2-4-8-19/h2-11,13-16H,12H2,1H3,(H2,28,29,30)/t16-/m1/s1. The number of halogens is 1.